The Morgan fingerprint density at radius 2 is 1.77 bits per heavy atom. The van der Waals surface area contributed by atoms with E-state index in [1.165, 1.54) is 0 Å². The lowest BCUT2D eigenvalue weighted by molar-refractivity contribution is 0.0673. The molecule has 4 aromatic rings. The molecule has 0 bridgehead atoms. The Kier molecular flexibility index (Phi) is 7.27. The minimum atomic E-state index is -0.308. The maximum atomic E-state index is 13.6. The SMILES string of the molecule is COc1ccc(CN2CC(C)(C)c3ccc(NC(=O)c4cccnc4NCc4ccncc4)cc3C2=O)cc1. The van der Waals surface area contributed by atoms with E-state index in [2.05, 4.69) is 34.4 Å². The highest BCUT2D eigenvalue weighted by Crippen LogP contribution is 2.35. The molecule has 0 atom stereocenters. The van der Waals surface area contributed by atoms with Gasteiger partial charge in [-0.15, -0.1) is 0 Å². The summed E-state index contributed by atoms with van der Waals surface area (Å²) in [5, 5.41) is 6.19. The normalized spacial score (nSPS) is 13.9. The predicted octanol–water partition coefficient (Wildman–Crippen LogP) is 5.28. The van der Waals surface area contributed by atoms with E-state index in [1.807, 2.05) is 53.4 Å². The molecule has 0 radical (unpaired) electrons. The van der Waals surface area contributed by atoms with Crippen LogP contribution in [0, 0.1) is 0 Å². The van der Waals surface area contributed by atoms with Crippen LogP contribution in [0.5, 0.6) is 5.75 Å². The fraction of sp³-hybridized carbons (Fsp3) is 0.226. The second-order valence-electron chi connectivity index (χ2n) is 10.2. The first-order valence-corrected chi connectivity index (χ1v) is 12.8. The van der Waals surface area contributed by atoms with E-state index < -0.39 is 0 Å². The van der Waals surface area contributed by atoms with Crippen LogP contribution in [0.25, 0.3) is 0 Å². The number of anilines is 2. The molecule has 39 heavy (non-hydrogen) atoms. The molecule has 0 spiro atoms. The van der Waals surface area contributed by atoms with E-state index in [1.54, 1.807) is 43.9 Å². The van der Waals surface area contributed by atoms with Gasteiger partial charge < -0.3 is 20.3 Å². The van der Waals surface area contributed by atoms with Crippen molar-refractivity contribution in [2.75, 3.05) is 24.3 Å². The van der Waals surface area contributed by atoms with Gasteiger partial charge in [-0.2, -0.15) is 0 Å². The number of carbonyl (C=O) groups excluding carboxylic acids is 2. The average Bonchev–Trinajstić information content (AvgIpc) is 2.95. The smallest absolute Gasteiger partial charge is 0.259 e. The molecule has 2 aromatic heterocycles. The van der Waals surface area contributed by atoms with Gasteiger partial charge in [0.1, 0.15) is 11.6 Å². The Bertz CT molecular complexity index is 1490. The summed E-state index contributed by atoms with van der Waals surface area (Å²) in [5.41, 5.74) is 4.34. The maximum Gasteiger partial charge on any atom is 0.259 e. The van der Waals surface area contributed by atoms with Gasteiger partial charge in [0.15, 0.2) is 0 Å². The number of fused-ring (bicyclic) bond motifs is 1. The van der Waals surface area contributed by atoms with E-state index in [4.69, 9.17) is 4.74 Å². The Morgan fingerprint density at radius 3 is 2.51 bits per heavy atom. The molecule has 0 aliphatic carbocycles. The first kappa shape index (κ1) is 25.9. The summed E-state index contributed by atoms with van der Waals surface area (Å²) in [4.78, 5) is 37.1. The van der Waals surface area contributed by atoms with Crippen molar-refractivity contribution in [2.24, 2.45) is 0 Å². The molecule has 2 aromatic carbocycles. The third-order valence-corrected chi connectivity index (χ3v) is 6.90. The molecule has 2 N–H and O–H groups in total. The lowest BCUT2D eigenvalue weighted by atomic mass is 9.77. The molecule has 0 saturated carbocycles. The monoisotopic (exact) mass is 521 g/mol. The molecule has 8 nitrogen and oxygen atoms in total. The summed E-state index contributed by atoms with van der Waals surface area (Å²) in [6.45, 7) is 5.86. The van der Waals surface area contributed by atoms with Gasteiger partial charge in [0, 0.05) is 54.9 Å². The van der Waals surface area contributed by atoms with Gasteiger partial charge in [-0.1, -0.05) is 32.0 Å². The van der Waals surface area contributed by atoms with Gasteiger partial charge in [0.05, 0.1) is 12.7 Å². The molecule has 1 aliphatic rings. The Balaban J connectivity index is 1.34. The number of carbonyl (C=O) groups is 2. The molecule has 3 heterocycles. The molecule has 0 saturated heterocycles. The topological polar surface area (TPSA) is 96.4 Å². The van der Waals surface area contributed by atoms with Crippen LogP contribution in [-0.4, -0.2) is 40.3 Å². The Hall–Kier alpha value is -4.72. The van der Waals surface area contributed by atoms with Crippen LogP contribution >= 0.6 is 0 Å². The molecule has 0 unspecified atom stereocenters. The minimum absolute atomic E-state index is 0.0580. The van der Waals surface area contributed by atoms with Crippen LogP contribution in [0.3, 0.4) is 0 Å². The van der Waals surface area contributed by atoms with E-state index in [0.29, 0.717) is 42.3 Å². The van der Waals surface area contributed by atoms with Crippen LogP contribution in [0.1, 0.15) is 51.3 Å². The number of hydrogen-bond donors (Lipinski definition) is 2. The number of benzene rings is 2. The van der Waals surface area contributed by atoms with Gasteiger partial charge in [-0.3, -0.25) is 14.6 Å². The van der Waals surface area contributed by atoms with Crippen molar-refractivity contribution in [3.8, 4) is 5.75 Å². The average molecular weight is 522 g/mol. The number of aromatic nitrogens is 2. The summed E-state index contributed by atoms with van der Waals surface area (Å²) < 4.78 is 5.25. The number of methoxy groups -OCH3 is 1. The summed E-state index contributed by atoms with van der Waals surface area (Å²) >= 11 is 0. The molecule has 1 aliphatic heterocycles. The molecular formula is C31H31N5O3. The fourth-order valence-corrected chi connectivity index (χ4v) is 4.89. The molecule has 5 rings (SSSR count). The lowest BCUT2D eigenvalue weighted by Crippen LogP contribution is -2.46. The van der Waals surface area contributed by atoms with Crippen LogP contribution in [-0.2, 0) is 18.5 Å². The number of nitrogens with zero attached hydrogens (tertiary/aromatic N) is 3. The van der Waals surface area contributed by atoms with Crippen molar-refractivity contribution in [1.29, 1.82) is 0 Å². The van der Waals surface area contributed by atoms with E-state index in [0.717, 1.165) is 22.4 Å². The first-order valence-electron chi connectivity index (χ1n) is 12.8. The number of amides is 2. The third kappa shape index (κ3) is 5.75. The number of rotatable bonds is 8. The number of hydrogen-bond acceptors (Lipinski definition) is 6. The van der Waals surface area contributed by atoms with Crippen LogP contribution in [0.4, 0.5) is 11.5 Å². The van der Waals surface area contributed by atoms with Crippen molar-refractivity contribution < 1.29 is 14.3 Å². The Labute approximate surface area is 228 Å². The summed E-state index contributed by atoms with van der Waals surface area (Å²) in [6, 6.07) is 20.6. The number of ether oxygens (including phenoxy) is 1. The van der Waals surface area contributed by atoms with Gasteiger partial charge in [0.2, 0.25) is 0 Å². The highest BCUT2D eigenvalue weighted by molar-refractivity contribution is 6.08. The fourth-order valence-electron chi connectivity index (χ4n) is 4.89. The molecular weight excluding hydrogens is 490 g/mol. The molecule has 2 amide bonds. The minimum Gasteiger partial charge on any atom is -0.497 e. The molecule has 0 fully saturated rings. The lowest BCUT2D eigenvalue weighted by Gasteiger charge is -2.39. The number of pyridine rings is 2. The Morgan fingerprint density at radius 1 is 1.00 bits per heavy atom. The molecule has 198 valence electrons. The maximum absolute atomic E-state index is 13.6. The van der Waals surface area contributed by atoms with Crippen molar-refractivity contribution in [2.45, 2.75) is 32.4 Å². The number of nitrogens with one attached hydrogen (secondary N) is 2. The quantitative estimate of drug-likeness (QED) is 0.327. The van der Waals surface area contributed by atoms with Crippen LogP contribution in [0.2, 0.25) is 0 Å². The largest absolute Gasteiger partial charge is 0.497 e. The van der Waals surface area contributed by atoms with Crippen molar-refractivity contribution >= 4 is 23.3 Å². The molecule has 8 heteroatoms. The zero-order valence-electron chi connectivity index (χ0n) is 22.3. The van der Waals surface area contributed by atoms with Crippen LogP contribution < -0.4 is 15.4 Å². The standard InChI is InChI=1S/C31H31N5O3/c1-31(2)20-36(19-22-6-9-24(39-3)10-7-22)30(38)26-17-23(8-11-27(26)31)35-29(37)25-5-4-14-33-28(25)34-18-21-12-15-32-16-13-21/h4-17H,18-20H2,1-3H3,(H,33,34)(H,35,37). The summed E-state index contributed by atoms with van der Waals surface area (Å²) in [5.74, 6) is 0.891. The zero-order valence-corrected chi connectivity index (χ0v) is 22.3. The van der Waals surface area contributed by atoms with E-state index >= 15 is 0 Å². The third-order valence-electron chi connectivity index (χ3n) is 6.90. The van der Waals surface area contributed by atoms with Gasteiger partial charge in [-0.25, -0.2) is 4.98 Å². The second kappa shape index (κ2) is 10.9. The second-order valence-corrected chi connectivity index (χ2v) is 10.2. The summed E-state index contributed by atoms with van der Waals surface area (Å²) in [7, 11) is 1.63. The van der Waals surface area contributed by atoms with Gasteiger partial charge in [-0.05, 0) is 65.2 Å². The van der Waals surface area contributed by atoms with E-state index in [9.17, 15) is 9.59 Å². The van der Waals surface area contributed by atoms with E-state index in [-0.39, 0.29) is 17.2 Å². The first-order chi connectivity index (χ1) is 18.8. The van der Waals surface area contributed by atoms with Gasteiger partial charge in [0.25, 0.3) is 11.8 Å². The van der Waals surface area contributed by atoms with Crippen molar-refractivity contribution in [3.05, 3.63) is 113 Å². The zero-order chi connectivity index (χ0) is 27.4. The summed E-state index contributed by atoms with van der Waals surface area (Å²) in [6.07, 6.45) is 5.09. The van der Waals surface area contributed by atoms with Gasteiger partial charge >= 0.3 is 0 Å². The highest BCUT2D eigenvalue weighted by atomic mass is 16.5. The van der Waals surface area contributed by atoms with Crippen molar-refractivity contribution in [3.63, 3.8) is 0 Å². The van der Waals surface area contributed by atoms with Crippen LogP contribution in [0.15, 0.2) is 85.3 Å². The predicted molar refractivity (Wildman–Crippen MR) is 151 cm³/mol. The van der Waals surface area contributed by atoms with Crippen molar-refractivity contribution in [1.82, 2.24) is 14.9 Å². The highest BCUT2D eigenvalue weighted by Gasteiger charge is 2.36.